The zero-order valence-corrected chi connectivity index (χ0v) is 8.14. The van der Waals surface area contributed by atoms with E-state index in [9.17, 15) is 4.39 Å². The van der Waals surface area contributed by atoms with E-state index in [1.54, 1.807) is 19.2 Å². The molecule has 0 aliphatic carbocycles. The number of rotatable bonds is 4. The molecule has 1 aromatic rings. The highest BCUT2D eigenvalue weighted by Gasteiger charge is 2.02. The normalized spacial score (nSPS) is 10.4. The van der Waals surface area contributed by atoms with Crippen molar-refractivity contribution in [1.29, 1.82) is 0 Å². The number of benzene rings is 1. The molecule has 0 atom stereocenters. The summed E-state index contributed by atoms with van der Waals surface area (Å²) in [6.45, 7) is 2.43. The standard InChI is InChI=1S/C11H15FO/c1-3-4-9-5-6-10(8-13-2)11(12)7-9/h5-7H,3-4,8H2,1-2H3. The Labute approximate surface area is 78.5 Å². The molecule has 0 aromatic heterocycles. The number of halogens is 1. The fourth-order valence-corrected chi connectivity index (χ4v) is 1.31. The van der Waals surface area contributed by atoms with Gasteiger partial charge in [-0.1, -0.05) is 25.5 Å². The minimum Gasteiger partial charge on any atom is -0.380 e. The van der Waals surface area contributed by atoms with Crippen LogP contribution in [-0.2, 0) is 17.8 Å². The SMILES string of the molecule is CCCc1ccc(COC)c(F)c1. The van der Waals surface area contributed by atoms with Gasteiger partial charge in [-0.05, 0) is 18.1 Å². The molecule has 0 radical (unpaired) electrons. The summed E-state index contributed by atoms with van der Waals surface area (Å²) in [4.78, 5) is 0. The molecule has 0 spiro atoms. The third-order valence-electron chi connectivity index (χ3n) is 1.96. The molecular formula is C11H15FO. The molecule has 1 rings (SSSR count). The van der Waals surface area contributed by atoms with Crippen molar-refractivity contribution in [1.82, 2.24) is 0 Å². The molecular weight excluding hydrogens is 167 g/mol. The molecule has 0 bridgehead atoms. The van der Waals surface area contributed by atoms with Crippen molar-refractivity contribution in [2.24, 2.45) is 0 Å². The largest absolute Gasteiger partial charge is 0.380 e. The van der Waals surface area contributed by atoms with Gasteiger partial charge in [0.05, 0.1) is 6.61 Å². The molecule has 0 heterocycles. The van der Waals surface area contributed by atoms with Crippen LogP contribution in [0.2, 0.25) is 0 Å². The van der Waals surface area contributed by atoms with Gasteiger partial charge in [-0.15, -0.1) is 0 Å². The lowest BCUT2D eigenvalue weighted by Crippen LogP contribution is -1.94. The lowest BCUT2D eigenvalue weighted by atomic mass is 10.1. The average Bonchev–Trinajstić information content (AvgIpc) is 2.10. The predicted octanol–water partition coefficient (Wildman–Crippen LogP) is 2.92. The molecule has 0 unspecified atom stereocenters. The maximum Gasteiger partial charge on any atom is 0.128 e. The Kier molecular flexibility index (Phi) is 3.90. The molecule has 0 aliphatic heterocycles. The predicted molar refractivity (Wildman–Crippen MR) is 51.1 cm³/mol. The Hall–Kier alpha value is -0.890. The topological polar surface area (TPSA) is 9.23 Å². The molecule has 0 fully saturated rings. The van der Waals surface area contributed by atoms with Crippen molar-refractivity contribution in [3.8, 4) is 0 Å². The van der Waals surface area contributed by atoms with Crippen LogP contribution < -0.4 is 0 Å². The summed E-state index contributed by atoms with van der Waals surface area (Å²) in [5, 5.41) is 0. The van der Waals surface area contributed by atoms with Crippen LogP contribution in [0.25, 0.3) is 0 Å². The smallest absolute Gasteiger partial charge is 0.128 e. The van der Waals surface area contributed by atoms with Crippen LogP contribution in [0.4, 0.5) is 4.39 Å². The highest BCUT2D eigenvalue weighted by molar-refractivity contribution is 5.24. The van der Waals surface area contributed by atoms with Gasteiger partial charge in [0.15, 0.2) is 0 Å². The summed E-state index contributed by atoms with van der Waals surface area (Å²) in [7, 11) is 1.57. The number of hydrogen-bond acceptors (Lipinski definition) is 1. The van der Waals surface area contributed by atoms with E-state index in [0.29, 0.717) is 12.2 Å². The van der Waals surface area contributed by atoms with E-state index >= 15 is 0 Å². The second-order valence-electron chi connectivity index (χ2n) is 3.11. The van der Waals surface area contributed by atoms with Crippen LogP contribution in [0.3, 0.4) is 0 Å². The van der Waals surface area contributed by atoms with E-state index in [2.05, 4.69) is 6.92 Å². The quantitative estimate of drug-likeness (QED) is 0.695. The molecule has 1 nitrogen and oxygen atoms in total. The lowest BCUT2D eigenvalue weighted by Gasteiger charge is -2.04. The molecule has 13 heavy (non-hydrogen) atoms. The van der Waals surface area contributed by atoms with Gasteiger partial charge in [0, 0.05) is 12.7 Å². The van der Waals surface area contributed by atoms with Crippen molar-refractivity contribution in [3.05, 3.63) is 35.1 Å². The zero-order chi connectivity index (χ0) is 9.68. The van der Waals surface area contributed by atoms with Gasteiger partial charge in [0.2, 0.25) is 0 Å². The lowest BCUT2D eigenvalue weighted by molar-refractivity contribution is 0.181. The summed E-state index contributed by atoms with van der Waals surface area (Å²) < 4.78 is 18.1. The number of methoxy groups -OCH3 is 1. The van der Waals surface area contributed by atoms with Crippen LogP contribution in [0.1, 0.15) is 24.5 Å². The Balaban J connectivity index is 2.79. The summed E-state index contributed by atoms with van der Waals surface area (Å²) in [5.41, 5.74) is 1.68. The summed E-state index contributed by atoms with van der Waals surface area (Å²) in [5.74, 6) is -0.159. The van der Waals surface area contributed by atoms with E-state index in [1.807, 2.05) is 6.07 Å². The number of aryl methyl sites for hydroxylation is 1. The Morgan fingerprint density at radius 3 is 2.69 bits per heavy atom. The first-order valence-corrected chi connectivity index (χ1v) is 4.54. The Morgan fingerprint density at radius 2 is 2.15 bits per heavy atom. The van der Waals surface area contributed by atoms with Crippen molar-refractivity contribution < 1.29 is 9.13 Å². The third-order valence-corrected chi connectivity index (χ3v) is 1.96. The first-order chi connectivity index (χ1) is 6.27. The monoisotopic (exact) mass is 182 g/mol. The fraction of sp³-hybridized carbons (Fsp3) is 0.455. The highest BCUT2D eigenvalue weighted by atomic mass is 19.1. The van der Waals surface area contributed by atoms with Gasteiger partial charge >= 0.3 is 0 Å². The van der Waals surface area contributed by atoms with Crippen LogP contribution in [0.15, 0.2) is 18.2 Å². The highest BCUT2D eigenvalue weighted by Crippen LogP contribution is 2.12. The van der Waals surface area contributed by atoms with Gasteiger partial charge < -0.3 is 4.74 Å². The van der Waals surface area contributed by atoms with Gasteiger partial charge in [0.1, 0.15) is 5.82 Å². The van der Waals surface area contributed by atoms with E-state index in [4.69, 9.17) is 4.74 Å². The minimum atomic E-state index is -0.159. The first kappa shape index (κ1) is 10.2. The number of hydrogen-bond donors (Lipinski definition) is 0. The first-order valence-electron chi connectivity index (χ1n) is 4.54. The number of ether oxygens (including phenoxy) is 1. The van der Waals surface area contributed by atoms with Crippen molar-refractivity contribution in [3.63, 3.8) is 0 Å². The van der Waals surface area contributed by atoms with E-state index in [0.717, 1.165) is 18.4 Å². The van der Waals surface area contributed by atoms with Crippen LogP contribution in [0.5, 0.6) is 0 Å². The third kappa shape index (κ3) is 2.81. The summed E-state index contributed by atoms with van der Waals surface area (Å²) in [6, 6.07) is 5.35. The van der Waals surface area contributed by atoms with Gasteiger partial charge in [-0.2, -0.15) is 0 Å². The second-order valence-corrected chi connectivity index (χ2v) is 3.11. The van der Waals surface area contributed by atoms with Crippen LogP contribution in [-0.4, -0.2) is 7.11 Å². The molecule has 0 aliphatic rings. The molecule has 0 amide bonds. The van der Waals surface area contributed by atoms with E-state index in [1.165, 1.54) is 0 Å². The molecule has 0 saturated heterocycles. The summed E-state index contributed by atoms with van der Waals surface area (Å²) in [6.07, 6.45) is 1.98. The second kappa shape index (κ2) is 4.97. The average molecular weight is 182 g/mol. The van der Waals surface area contributed by atoms with Gasteiger partial charge in [-0.25, -0.2) is 4.39 Å². The van der Waals surface area contributed by atoms with Crippen LogP contribution in [0, 0.1) is 5.82 Å². The fourth-order valence-electron chi connectivity index (χ4n) is 1.31. The Morgan fingerprint density at radius 1 is 1.38 bits per heavy atom. The van der Waals surface area contributed by atoms with Crippen molar-refractivity contribution in [2.45, 2.75) is 26.4 Å². The van der Waals surface area contributed by atoms with Crippen LogP contribution >= 0.6 is 0 Å². The van der Waals surface area contributed by atoms with Gasteiger partial charge in [0.25, 0.3) is 0 Å². The summed E-state index contributed by atoms with van der Waals surface area (Å²) >= 11 is 0. The van der Waals surface area contributed by atoms with Crippen molar-refractivity contribution >= 4 is 0 Å². The zero-order valence-electron chi connectivity index (χ0n) is 8.14. The van der Waals surface area contributed by atoms with E-state index < -0.39 is 0 Å². The molecule has 0 saturated carbocycles. The molecule has 72 valence electrons. The minimum absolute atomic E-state index is 0.159. The molecule has 2 heteroatoms. The molecule has 1 aromatic carbocycles. The van der Waals surface area contributed by atoms with Gasteiger partial charge in [-0.3, -0.25) is 0 Å². The maximum absolute atomic E-state index is 13.3. The molecule has 0 N–H and O–H groups in total. The van der Waals surface area contributed by atoms with E-state index in [-0.39, 0.29) is 5.82 Å². The Bertz CT molecular complexity index is 271. The van der Waals surface area contributed by atoms with Crippen molar-refractivity contribution in [2.75, 3.05) is 7.11 Å². The maximum atomic E-state index is 13.3.